The SMILES string of the molecule is N#CCc1c(F)nc(C(F)(F)F)nc1C#N. The Balaban J connectivity index is 3.41. The van der Waals surface area contributed by atoms with Crippen LogP contribution in [-0.2, 0) is 12.6 Å². The molecule has 0 amide bonds. The van der Waals surface area contributed by atoms with Crippen molar-refractivity contribution < 1.29 is 17.6 Å². The quantitative estimate of drug-likeness (QED) is 0.542. The molecule has 0 unspecified atom stereocenters. The summed E-state index contributed by atoms with van der Waals surface area (Å²) in [6, 6.07) is 2.80. The highest BCUT2D eigenvalue weighted by atomic mass is 19.4. The molecule has 1 heterocycles. The van der Waals surface area contributed by atoms with Crippen LogP contribution in [0.3, 0.4) is 0 Å². The molecule has 0 saturated carbocycles. The molecule has 8 heteroatoms. The van der Waals surface area contributed by atoms with E-state index in [1.165, 1.54) is 12.1 Å². The van der Waals surface area contributed by atoms with Crippen LogP contribution in [0.25, 0.3) is 0 Å². The number of alkyl halides is 3. The van der Waals surface area contributed by atoms with Crippen LogP contribution < -0.4 is 0 Å². The number of nitriles is 2. The standard InChI is InChI=1S/C8H2F4N4/c9-6-4(1-2-13)5(3-14)15-7(16-6)8(10,11)12/h1H2. The van der Waals surface area contributed by atoms with E-state index in [0.717, 1.165) is 0 Å². The van der Waals surface area contributed by atoms with Crippen molar-refractivity contribution >= 4 is 0 Å². The van der Waals surface area contributed by atoms with Gasteiger partial charge in [-0.05, 0) is 0 Å². The van der Waals surface area contributed by atoms with E-state index < -0.39 is 35.6 Å². The number of aromatic nitrogens is 2. The summed E-state index contributed by atoms with van der Waals surface area (Å²) >= 11 is 0. The fraction of sp³-hybridized carbons (Fsp3) is 0.250. The van der Waals surface area contributed by atoms with Crippen LogP contribution in [0.1, 0.15) is 17.1 Å². The zero-order chi connectivity index (χ0) is 12.3. The minimum atomic E-state index is -4.93. The van der Waals surface area contributed by atoms with Gasteiger partial charge in [0, 0.05) is 0 Å². The Labute approximate surface area is 86.8 Å². The molecule has 0 fully saturated rings. The molecule has 1 rings (SSSR count). The Bertz CT molecular complexity index is 494. The van der Waals surface area contributed by atoms with E-state index in [1.54, 1.807) is 0 Å². The van der Waals surface area contributed by atoms with Gasteiger partial charge in [-0.1, -0.05) is 0 Å². The fourth-order valence-corrected chi connectivity index (χ4v) is 0.912. The normalized spacial score (nSPS) is 10.6. The summed E-state index contributed by atoms with van der Waals surface area (Å²) in [7, 11) is 0. The Morgan fingerprint density at radius 1 is 1.19 bits per heavy atom. The third kappa shape index (κ3) is 2.23. The first-order valence-corrected chi connectivity index (χ1v) is 3.80. The number of nitrogens with zero attached hydrogens (tertiary/aromatic N) is 4. The van der Waals surface area contributed by atoms with Gasteiger partial charge in [0.15, 0.2) is 5.69 Å². The van der Waals surface area contributed by atoms with E-state index in [0.29, 0.717) is 0 Å². The van der Waals surface area contributed by atoms with Crippen molar-refractivity contribution in [3.8, 4) is 12.1 Å². The van der Waals surface area contributed by atoms with Gasteiger partial charge in [0.1, 0.15) is 6.07 Å². The zero-order valence-corrected chi connectivity index (χ0v) is 7.51. The Morgan fingerprint density at radius 3 is 2.25 bits per heavy atom. The summed E-state index contributed by atoms with van der Waals surface area (Å²) in [5.41, 5.74) is -1.31. The van der Waals surface area contributed by atoms with Gasteiger partial charge in [-0.2, -0.15) is 33.1 Å². The first-order chi connectivity index (χ1) is 7.40. The lowest BCUT2D eigenvalue weighted by Crippen LogP contribution is -2.15. The average Bonchev–Trinajstić information content (AvgIpc) is 2.19. The minimum Gasteiger partial charge on any atom is -0.213 e. The van der Waals surface area contributed by atoms with Crippen molar-refractivity contribution in [2.75, 3.05) is 0 Å². The maximum Gasteiger partial charge on any atom is 0.451 e. The predicted octanol–water partition coefficient (Wildman–Crippen LogP) is 1.57. The van der Waals surface area contributed by atoms with E-state index in [9.17, 15) is 17.6 Å². The van der Waals surface area contributed by atoms with E-state index in [-0.39, 0.29) is 0 Å². The van der Waals surface area contributed by atoms with Crippen LogP contribution >= 0.6 is 0 Å². The maximum absolute atomic E-state index is 13.1. The molecule has 0 aliphatic heterocycles. The number of hydrogen-bond acceptors (Lipinski definition) is 4. The average molecular weight is 230 g/mol. The molecule has 0 radical (unpaired) electrons. The van der Waals surface area contributed by atoms with Crippen molar-refractivity contribution in [3.05, 3.63) is 23.0 Å². The van der Waals surface area contributed by atoms with Crippen LogP contribution in [0.2, 0.25) is 0 Å². The van der Waals surface area contributed by atoms with Crippen molar-refractivity contribution in [1.29, 1.82) is 10.5 Å². The largest absolute Gasteiger partial charge is 0.451 e. The lowest BCUT2D eigenvalue weighted by molar-refractivity contribution is -0.145. The second-order valence-electron chi connectivity index (χ2n) is 2.61. The Kier molecular flexibility index (Phi) is 3.04. The summed E-state index contributed by atoms with van der Waals surface area (Å²) in [6.07, 6.45) is -5.50. The Hall–Kier alpha value is -2.22. The van der Waals surface area contributed by atoms with Crippen LogP contribution in [0, 0.1) is 28.6 Å². The van der Waals surface area contributed by atoms with E-state index in [2.05, 4.69) is 9.97 Å². The molecule has 1 aromatic heterocycles. The molecular formula is C8H2F4N4. The van der Waals surface area contributed by atoms with Gasteiger partial charge in [-0.25, -0.2) is 4.98 Å². The Morgan fingerprint density at radius 2 is 1.81 bits per heavy atom. The van der Waals surface area contributed by atoms with Crippen LogP contribution in [0.5, 0.6) is 0 Å². The first kappa shape index (κ1) is 11.9. The third-order valence-corrected chi connectivity index (χ3v) is 1.57. The fourth-order valence-electron chi connectivity index (χ4n) is 0.912. The summed E-state index contributed by atoms with van der Waals surface area (Å²) in [5, 5.41) is 16.8. The molecule has 0 atom stereocenters. The van der Waals surface area contributed by atoms with Gasteiger partial charge in [0.25, 0.3) is 0 Å². The highest BCUT2D eigenvalue weighted by molar-refractivity contribution is 5.32. The predicted molar refractivity (Wildman–Crippen MR) is 41.0 cm³/mol. The third-order valence-electron chi connectivity index (χ3n) is 1.57. The highest BCUT2D eigenvalue weighted by Crippen LogP contribution is 2.27. The minimum absolute atomic E-state index is 0.530. The monoisotopic (exact) mass is 230 g/mol. The highest BCUT2D eigenvalue weighted by Gasteiger charge is 2.36. The van der Waals surface area contributed by atoms with Crippen molar-refractivity contribution in [3.63, 3.8) is 0 Å². The van der Waals surface area contributed by atoms with Gasteiger partial charge in [-0.15, -0.1) is 0 Å². The van der Waals surface area contributed by atoms with Crippen LogP contribution in [-0.4, -0.2) is 9.97 Å². The lowest BCUT2D eigenvalue weighted by atomic mass is 10.2. The van der Waals surface area contributed by atoms with Crippen molar-refractivity contribution in [1.82, 2.24) is 9.97 Å². The van der Waals surface area contributed by atoms with E-state index in [1.807, 2.05) is 0 Å². The topological polar surface area (TPSA) is 73.4 Å². The number of rotatable bonds is 1. The molecule has 0 saturated heterocycles. The molecule has 1 aromatic rings. The summed E-state index contributed by atoms with van der Waals surface area (Å²) < 4.78 is 49.5. The number of halogens is 4. The van der Waals surface area contributed by atoms with Crippen molar-refractivity contribution in [2.24, 2.45) is 0 Å². The molecular weight excluding hydrogens is 228 g/mol. The summed E-state index contributed by atoms with van der Waals surface area (Å²) in [5.74, 6) is -3.23. The molecule has 16 heavy (non-hydrogen) atoms. The molecule has 0 aromatic carbocycles. The lowest BCUT2D eigenvalue weighted by Gasteiger charge is -2.06. The second kappa shape index (κ2) is 4.11. The summed E-state index contributed by atoms with van der Waals surface area (Å²) in [4.78, 5) is 5.42. The van der Waals surface area contributed by atoms with Gasteiger partial charge in [0.05, 0.1) is 18.1 Å². The molecule has 0 aliphatic carbocycles. The van der Waals surface area contributed by atoms with E-state index >= 15 is 0 Å². The van der Waals surface area contributed by atoms with Crippen LogP contribution in [0.15, 0.2) is 0 Å². The van der Waals surface area contributed by atoms with Gasteiger partial charge >= 0.3 is 6.18 Å². The maximum atomic E-state index is 13.1. The molecule has 0 spiro atoms. The van der Waals surface area contributed by atoms with Gasteiger partial charge in [0.2, 0.25) is 11.8 Å². The summed E-state index contributed by atoms with van der Waals surface area (Å²) in [6.45, 7) is 0. The molecule has 0 N–H and O–H groups in total. The van der Waals surface area contributed by atoms with E-state index in [4.69, 9.17) is 10.5 Å². The van der Waals surface area contributed by atoms with Crippen LogP contribution in [0.4, 0.5) is 17.6 Å². The second-order valence-corrected chi connectivity index (χ2v) is 2.61. The molecule has 4 nitrogen and oxygen atoms in total. The molecule has 0 aliphatic rings. The van der Waals surface area contributed by atoms with Crippen molar-refractivity contribution in [2.45, 2.75) is 12.6 Å². The first-order valence-electron chi connectivity index (χ1n) is 3.80. The van der Waals surface area contributed by atoms with Gasteiger partial charge in [-0.3, -0.25) is 0 Å². The molecule has 0 bridgehead atoms. The molecule has 82 valence electrons. The smallest absolute Gasteiger partial charge is 0.213 e. The van der Waals surface area contributed by atoms with Gasteiger partial charge < -0.3 is 0 Å². The zero-order valence-electron chi connectivity index (χ0n) is 7.51. The number of hydrogen-bond donors (Lipinski definition) is 0.